The van der Waals surface area contributed by atoms with Crippen LogP contribution >= 0.6 is 15.9 Å². The minimum absolute atomic E-state index is 0.0115. The molecule has 0 saturated carbocycles. The van der Waals surface area contributed by atoms with E-state index in [4.69, 9.17) is 0 Å². The number of carbonyl (C=O) groups excluding carboxylic acids is 1. The second-order valence-electron chi connectivity index (χ2n) is 5.70. The van der Waals surface area contributed by atoms with Crippen molar-refractivity contribution in [3.8, 4) is 0 Å². The van der Waals surface area contributed by atoms with Crippen LogP contribution in [0.2, 0.25) is 0 Å². The summed E-state index contributed by atoms with van der Waals surface area (Å²) >= 11 is 2.95. The van der Waals surface area contributed by atoms with Gasteiger partial charge in [-0.1, -0.05) is 0 Å². The number of nitrogens with one attached hydrogen (secondary N) is 2. The first kappa shape index (κ1) is 20.1. The second kappa shape index (κ2) is 6.46. The minimum atomic E-state index is -4.86. The zero-order valence-corrected chi connectivity index (χ0v) is 15.5. The lowest BCUT2D eigenvalue weighted by molar-refractivity contribution is -0.143. The van der Waals surface area contributed by atoms with Crippen molar-refractivity contribution in [3.05, 3.63) is 39.0 Å². The largest absolute Gasteiger partial charge is 0.437 e. The molecule has 0 radical (unpaired) electrons. The Kier molecular flexibility index (Phi) is 4.64. The maximum Gasteiger partial charge on any atom is 0.437 e. The van der Waals surface area contributed by atoms with Gasteiger partial charge in [0.15, 0.2) is 17.0 Å². The van der Waals surface area contributed by atoms with Crippen molar-refractivity contribution in [2.75, 3.05) is 5.32 Å². The molecule has 0 aliphatic heterocycles. The van der Waals surface area contributed by atoms with Gasteiger partial charge in [0.1, 0.15) is 5.69 Å². The van der Waals surface area contributed by atoms with Crippen LogP contribution in [0.1, 0.15) is 33.3 Å². The smallest absolute Gasteiger partial charge is 0.317 e. The van der Waals surface area contributed by atoms with E-state index in [9.17, 15) is 31.1 Å². The summed E-state index contributed by atoms with van der Waals surface area (Å²) in [4.78, 5) is 16.3. The molecule has 3 aromatic heterocycles. The highest BCUT2D eigenvalue weighted by Crippen LogP contribution is 2.36. The van der Waals surface area contributed by atoms with Crippen molar-refractivity contribution < 1.29 is 31.1 Å². The number of nitrogens with zero attached hydrogens (tertiary/aromatic N) is 4. The molecule has 14 heteroatoms. The summed E-state index contributed by atoms with van der Waals surface area (Å²) in [6.45, 7) is 2.56. The monoisotopic (exact) mass is 470 g/mol. The zero-order valence-electron chi connectivity index (χ0n) is 13.9. The highest BCUT2D eigenvalue weighted by molar-refractivity contribution is 9.10. The molecule has 0 aliphatic carbocycles. The van der Waals surface area contributed by atoms with Gasteiger partial charge in [0.2, 0.25) is 0 Å². The van der Waals surface area contributed by atoms with E-state index >= 15 is 0 Å². The quantitative estimate of drug-likeness (QED) is 0.551. The molecule has 0 bridgehead atoms. The van der Waals surface area contributed by atoms with Gasteiger partial charge in [0, 0.05) is 5.69 Å². The third-order valence-corrected chi connectivity index (χ3v) is 4.35. The van der Waals surface area contributed by atoms with E-state index in [1.54, 1.807) is 0 Å². The van der Waals surface area contributed by atoms with Crippen LogP contribution in [0.5, 0.6) is 0 Å². The zero-order chi connectivity index (χ0) is 21.0. The standard InChI is InChI=1S/C14H9BrF6N6O/c1-4-3-6(13(16,17)18)27-11(22-4)7(15)9(26-27)12(28)23-8-5(2)24-25-10(8)14(19,20)21/h3H,1-2H3,(H,23,28)(H,24,25). The van der Waals surface area contributed by atoms with E-state index in [-0.39, 0.29) is 21.5 Å². The van der Waals surface area contributed by atoms with E-state index < -0.39 is 41.0 Å². The summed E-state index contributed by atoms with van der Waals surface area (Å²) in [5, 5.41) is 10.8. The van der Waals surface area contributed by atoms with Crippen molar-refractivity contribution >= 4 is 33.2 Å². The topological polar surface area (TPSA) is 88.0 Å². The SMILES string of the molecule is Cc1cc(C(F)(F)F)n2nc(C(=O)Nc3c(C(F)(F)F)n[nH]c3C)c(Br)c2n1. The lowest BCUT2D eigenvalue weighted by Crippen LogP contribution is -2.18. The first-order chi connectivity index (χ1) is 12.8. The van der Waals surface area contributed by atoms with Crippen LogP contribution < -0.4 is 5.32 Å². The van der Waals surface area contributed by atoms with Crippen LogP contribution in [0.3, 0.4) is 0 Å². The Balaban J connectivity index is 2.10. The highest BCUT2D eigenvalue weighted by Gasteiger charge is 2.39. The lowest BCUT2D eigenvalue weighted by atomic mass is 10.2. The van der Waals surface area contributed by atoms with Crippen molar-refractivity contribution in [2.45, 2.75) is 26.2 Å². The van der Waals surface area contributed by atoms with Gasteiger partial charge >= 0.3 is 12.4 Å². The fourth-order valence-corrected chi connectivity index (χ4v) is 2.94. The number of halogens is 7. The van der Waals surface area contributed by atoms with Crippen LogP contribution in [0.4, 0.5) is 32.0 Å². The molecule has 2 N–H and O–H groups in total. The van der Waals surface area contributed by atoms with Gasteiger partial charge in [-0.3, -0.25) is 9.89 Å². The molecular weight excluding hydrogens is 462 g/mol. The number of anilines is 1. The van der Waals surface area contributed by atoms with E-state index in [2.05, 4.69) is 36.2 Å². The summed E-state index contributed by atoms with van der Waals surface area (Å²) in [6.07, 6.45) is -9.65. The van der Waals surface area contributed by atoms with Gasteiger partial charge in [0.05, 0.1) is 15.9 Å². The number of hydrogen-bond donors (Lipinski definition) is 2. The molecule has 0 aliphatic rings. The summed E-state index contributed by atoms with van der Waals surface area (Å²) in [5.41, 5.74) is -4.17. The van der Waals surface area contributed by atoms with Crippen molar-refractivity contribution in [1.29, 1.82) is 0 Å². The van der Waals surface area contributed by atoms with Crippen LogP contribution in [-0.4, -0.2) is 30.7 Å². The third kappa shape index (κ3) is 3.43. The van der Waals surface area contributed by atoms with Gasteiger partial charge in [-0.25, -0.2) is 9.50 Å². The van der Waals surface area contributed by atoms with Crippen molar-refractivity contribution in [2.24, 2.45) is 0 Å². The molecule has 1 amide bonds. The maximum atomic E-state index is 13.2. The van der Waals surface area contributed by atoms with Gasteiger partial charge in [-0.2, -0.15) is 36.5 Å². The predicted octanol–water partition coefficient (Wildman–Crippen LogP) is 4.12. The van der Waals surface area contributed by atoms with E-state index in [1.807, 2.05) is 5.32 Å². The average Bonchev–Trinajstić information content (AvgIpc) is 3.07. The van der Waals surface area contributed by atoms with Crippen LogP contribution in [0.15, 0.2) is 10.5 Å². The number of aromatic nitrogens is 5. The Morgan fingerprint density at radius 2 is 1.82 bits per heavy atom. The van der Waals surface area contributed by atoms with Crippen LogP contribution in [0, 0.1) is 13.8 Å². The van der Waals surface area contributed by atoms with E-state index in [0.717, 1.165) is 6.07 Å². The Morgan fingerprint density at radius 3 is 2.39 bits per heavy atom. The number of fused-ring (bicyclic) bond motifs is 1. The first-order valence-corrected chi connectivity index (χ1v) is 8.16. The number of carbonyl (C=O) groups is 1. The first-order valence-electron chi connectivity index (χ1n) is 7.37. The number of amides is 1. The number of aryl methyl sites for hydroxylation is 2. The predicted molar refractivity (Wildman–Crippen MR) is 86.7 cm³/mol. The van der Waals surface area contributed by atoms with Crippen molar-refractivity contribution in [3.63, 3.8) is 0 Å². The molecular formula is C14H9BrF6N6O. The van der Waals surface area contributed by atoms with Gasteiger partial charge < -0.3 is 5.32 Å². The van der Waals surface area contributed by atoms with Gasteiger partial charge in [0.25, 0.3) is 5.91 Å². The normalized spacial score (nSPS) is 12.6. The number of alkyl halides is 6. The molecule has 0 saturated heterocycles. The molecule has 0 aromatic carbocycles. The minimum Gasteiger partial charge on any atom is -0.317 e. The Hall–Kier alpha value is -2.64. The Morgan fingerprint density at radius 1 is 1.18 bits per heavy atom. The summed E-state index contributed by atoms with van der Waals surface area (Å²) in [5.74, 6) is -1.17. The number of hydrogen-bond acceptors (Lipinski definition) is 4. The van der Waals surface area contributed by atoms with Crippen LogP contribution in [0.25, 0.3) is 5.65 Å². The molecule has 28 heavy (non-hydrogen) atoms. The van der Waals surface area contributed by atoms with E-state index in [1.165, 1.54) is 13.8 Å². The molecule has 0 atom stereocenters. The fourth-order valence-electron chi connectivity index (χ4n) is 2.42. The highest BCUT2D eigenvalue weighted by atomic mass is 79.9. The molecule has 3 aromatic rings. The van der Waals surface area contributed by atoms with Gasteiger partial charge in [-0.05, 0) is 35.8 Å². The Bertz CT molecular complexity index is 1080. The fraction of sp³-hybridized carbons (Fsp3) is 0.286. The second-order valence-corrected chi connectivity index (χ2v) is 6.50. The third-order valence-electron chi connectivity index (χ3n) is 3.62. The molecule has 7 nitrogen and oxygen atoms in total. The number of H-pyrrole nitrogens is 1. The molecule has 150 valence electrons. The number of aromatic amines is 1. The molecule has 0 spiro atoms. The summed E-state index contributed by atoms with van der Waals surface area (Å²) in [6, 6.07) is 0.732. The van der Waals surface area contributed by atoms with Gasteiger partial charge in [-0.15, -0.1) is 0 Å². The summed E-state index contributed by atoms with van der Waals surface area (Å²) < 4.78 is 78.9. The molecule has 0 unspecified atom stereocenters. The Labute approximate surface area is 160 Å². The average molecular weight is 471 g/mol. The summed E-state index contributed by atoms with van der Waals surface area (Å²) in [7, 11) is 0. The maximum absolute atomic E-state index is 13.2. The molecule has 3 rings (SSSR count). The van der Waals surface area contributed by atoms with Crippen LogP contribution in [-0.2, 0) is 12.4 Å². The molecule has 0 fully saturated rings. The molecule has 3 heterocycles. The lowest BCUT2D eigenvalue weighted by Gasteiger charge is -2.09. The number of rotatable bonds is 2. The van der Waals surface area contributed by atoms with E-state index in [0.29, 0.717) is 4.52 Å². The van der Waals surface area contributed by atoms with Crippen molar-refractivity contribution in [1.82, 2.24) is 24.8 Å².